The van der Waals surface area contributed by atoms with Crippen molar-refractivity contribution in [3.05, 3.63) is 83.4 Å². The number of thiazole rings is 1. The number of aromatic nitrogens is 1. The Morgan fingerprint density at radius 3 is 2.40 bits per heavy atom. The lowest BCUT2D eigenvalue weighted by Gasteiger charge is -2.23. The largest absolute Gasteiger partial charge is 0.507 e. The van der Waals surface area contributed by atoms with Gasteiger partial charge in [-0.1, -0.05) is 62.3 Å². The summed E-state index contributed by atoms with van der Waals surface area (Å²) >= 11 is 1.28. The quantitative estimate of drug-likeness (QED) is 0.0806. The molecular formula is C33H34N2O6S. The molecule has 3 aromatic carbocycles. The van der Waals surface area contributed by atoms with Gasteiger partial charge in [0, 0.05) is 5.56 Å². The van der Waals surface area contributed by atoms with Gasteiger partial charge in [-0.15, -0.1) is 0 Å². The summed E-state index contributed by atoms with van der Waals surface area (Å²) in [5, 5.41) is 11.9. The Morgan fingerprint density at radius 2 is 1.67 bits per heavy atom. The maximum atomic E-state index is 13.6. The van der Waals surface area contributed by atoms with Crippen LogP contribution in [-0.2, 0) is 9.59 Å². The number of anilines is 1. The van der Waals surface area contributed by atoms with Crippen LogP contribution in [-0.4, -0.2) is 42.1 Å². The van der Waals surface area contributed by atoms with Gasteiger partial charge in [-0.25, -0.2) is 4.98 Å². The molecule has 218 valence electrons. The molecule has 1 amide bonds. The minimum Gasteiger partial charge on any atom is -0.507 e. The van der Waals surface area contributed by atoms with Crippen LogP contribution < -0.4 is 19.1 Å². The maximum Gasteiger partial charge on any atom is 0.301 e. The Morgan fingerprint density at radius 1 is 0.905 bits per heavy atom. The minimum absolute atomic E-state index is 0.0129. The average molecular weight is 587 g/mol. The van der Waals surface area contributed by atoms with Crippen LogP contribution in [0.25, 0.3) is 16.0 Å². The van der Waals surface area contributed by atoms with Gasteiger partial charge in [0.05, 0.1) is 42.2 Å². The molecular weight excluding hydrogens is 552 g/mol. The summed E-state index contributed by atoms with van der Waals surface area (Å²) in [6.07, 6.45) is 3.98. The lowest BCUT2D eigenvalue weighted by Crippen LogP contribution is -2.29. The number of carbonyl (C=O) groups excluding carboxylic acids is 2. The van der Waals surface area contributed by atoms with Gasteiger partial charge in [-0.3, -0.25) is 14.5 Å². The normalized spacial score (nSPS) is 16.3. The first-order valence-electron chi connectivity index (χ1n) is 14.2. The summed E-state index contributed by atoms with van der Waals surface area (Å²) in [4.78, 5) is 33.3. The SMILES string of the molecule is CCCCCOc1ccc(C2C(=C(O)c3cccc(OCCC)c3)C(=O)C(=O)N2c2nc3ccc(OC)cc3s2)cc1. The highest BCUT2D eigenvalue weighted by Crippen LogP contribution is 2.45. The zero-order valence-corrected chi connectivity index (χ0v) is 24.8. The molecule has 0 aliphatic carbocycles. The number of benzene rings is 3. The highest BCUT2D eigenvalue weighted by molar-refractivity contribution is 7.22. The number of hydrogen-bond donors (Lipinski definition) is 1. The van der Waals surface area contributed by atoms with Gasteiger partial charge < -0.3 is 19.3 Å². The van der Waals surface area contributed by atoms with Gasteiger partial charge in [0.25, 0.3) is 5.78 Å². The van der Waals surface area contributed by atoms with Gasteiger partial charge in [0.15, 0.2) is 5.13 Å². The lowest BCUT2D eigenvalue weighted by atomic mass is 9.95. The Bertz CT molecular complexity index is 1610. The van der Waals surface area contributed by atoms with E-state index in [1.54, 1.807) is 37.4 Å². The average Bonchev–Trinajstić information content (AvgIpc) is 3.55. The molecule has 0 spiro atoms. The van der Waals surface area contributed by atoms with Crippen LogP contribution in [0.1, 0.15) is 56.7 Å². The molecule has 1 unspecified atom stereocenters. The molecule has 1 aromatic heterocycles. The second-order valence-corrected chi connectivity index (χ2v) is 11.0. The van der Waals surface area contributed by atoms with Crippen molar-refractivity contribution in [2.75, 3.05) is 25.2 Å². The zero-order chi connectivity index (χ0) is 29.6. The van der Waals surface area contributed by atoms with Crippen LogP contribution in [0.2, 0.25) is 0 Å². The number of hydrogen-bond acceptors (Lipinski definition) is 8. The molecule has 42 heavy (non-hydrogen) atoms. The van der Waals surface area contributed by atoms with Gasteiger partial charge in [-0.05, 0) is 60.9 Å². The summed E-state index contributed by atoms with van der Waals surface area (Å²) in [6.45, 7) is 5.27. The molecule has 2 heterocycles. The van der Waals surface area contributed by atoms with Gasteiger partial charge >= 0.3 is 5.91 Å². The van der Waals surface area contributed by atoms with E-state index in [0.29, 0.717) is 52.2 Å². The number of ether oxygens (including phenoxy) is 3. The molecule has 1 N–H and O–H groups in total. The number of Topliss-reactive ketones (excluding diaryl/α,β-unsaturated/α-hetero) is 1. The molecule has 1 aliphatic rings. The predicted molar refractivity (Wildman–Crippen MR) is 165 cm³/mol. The van der Waals surface area contributed by atoms with Gasteiger partial charge in [0.1, 0.15) is 23.0 Å². The van der Waals surface area contributed by atoms with Crippen molar-refractivity contribution in [1.29, 1.82) is 0 Å². The van der Waals surface area contributed by atoms with E-state index in [2.05, 4.69) is 11.9 Å². The van der Waals surface area contributed by atoms with E-state index in [9.17, 15) is 14.7 Å². The second-order valence-electron chi connectivity index (χ2n) is 10.0. The van der Waals surface area contributed by atoms with Crippen molar-refractivity contribution in [3.63, 3.8) is 0 Å². The van der Waals surface area contributed by atoms with E-state index in [4.69, 9.17) is 14.2 Å². The molecule has 1 aliphatic heterocycles. The minimum atomic E-state index is -0.901. The van der Waals surface area contributed by atoms with Crippen LogP contribution in [0.3, 0.4) is 0 Å². The van der Waals surface area contributed by atoms with Crippen molar-refractivity contribution in [1.82, 2.24) is 4.98 Å². The van der Waals surface area contributed by atoms with Gasteiger partial charge in [-0.2, -0.15) is 0 Å². The number of aliphatic hydroxyl groups is 1. The molecule has 0 saturated carbocycles. The van der Waals surface area contributed by atoms with E-state index >= 15 is 0 Å². The highest BCUT2D eigenvalue weighted by atomic mass is 32.1. The van der Waals surface area contributed by atoms with E-state index < -0.39 is 17.7 Å². The summed E-state index contributed by atoms with van der Waals surface area (Å²) in [5.41, 5.74) is 1.69. The molecule has 4 aromatic rings. The van der Waals surface area contributed by atoms with Crippen molar-refractivity contribution in [3.8, 4) is 17.2 Å². The topological polar surface area (TPSA) is 98.2 Å². The molecule has 8 nitrogen and oxygen atoms in total. The van der Waals surface area contributed by atoms with Crippen LogP contribution >= 0.6 is 11.3 Å². The van der Waals surface area contributed by atoms with Crippen molar-refractivity contribution >= 4 is 44.1 Å². The molecule has 1 atom stereocenters. The number of methoxy groups -OCH3 is 1. The third-order valence-corrected chi connectivity index (χ3v) is 8.05. The lowest BCUT2D eigenvalue weighted by molar-refractivity contribution is -0.132. The summed E-state index contributed by atoms with van der Waals surface area (Å²) < 4.78 is 17.8. The fourth-order valence-electron chi connectivity index (χ4n) is 4.87. The van der Waals surface area contributed by atoms with Gasteiger partial charge in [0.2, 0.25) is 0 Å². The Hall–Kier alpha value is -4.37. The molecule has 9 heteroatoms. The number of unbranched alkanes of at least 4 members (excludes halogenated alkanes) is 2. The maximum absolute atomic E-state index is 13.6. The summed E-state index contributed by atoms with van der Waals surface area (Å²) in [6, 6.07) is 18.7. The molecule has 1 saturated heterocycles. The Labute approximate surface area is 249 Å². The fourth-order valence-corrected chi connectivity index (χ4v) is 5.89. The smallest absolute Gasteiger partial charge is 0.301 e. The number of fused-ring (bicyclic) bond motifs is 1. The van der Waals surface area contributed by atoms with Crippen LogP contribution in [0.5, 0.6) is 17.2 Å². The highest BCUT2D eigenvalue weighted by Gasteiger charge is 2.48. The van der Waals surface area contributed by atoms with E-state index in [1.165, 1.54) is 16.2 Å². The molecule has 1 fully saturated rings. The number of aliphatic hydroxyl groups excluding tert-OH is 1. The Balaban J connectivity index is 1.59. The number of ketones is 1. The Kier molecular flexibility index (Phi) is 9.07. The van der Waals surface area contributed by atoms with E-state index in [-0.39, 0.29) is 11.3 Å². The third kappa shape index (κ3) is 5.97. The first-order chi connectivity index (χ1) is 20.4. The van der Waals surface area contributed by atoms with Crippen molar-refractivity contribution < 1.29 is 28.9 Å². The third-order valence-electron chi connectivity index (χ3n) is 7.03. The zero-order valence-electron chi connectivity index (χ0n) is 24.0. The molecule has 0 bridgehead atoms. The summed E-state index contributed by atoms with van der Waals surface area (Å²) in [5.74, 6) is 0.109. The number of nitrogens with zero attached hydrogens (tertiary/aromatic N) is 2. The molecule has 0 radical (unpaired) electrons. The molecule has 5 rings (SSSR count). The standard InChI is InChI=1S/C33H34N2O6S/c1-4-6-7-18-41-23-13-11-21(12-14-23)29-28(30(36)22-9-8-10-25(19-22)40-17-5-2)31(37)32(38)35(29)33-34-26-16-15-24(39-3)20-27(26)42-33/h8-16,19-20,29,36H,4-7,17-18H2,1-3H3. The van der Waals surface area contributed by atoms with Crippen LogP contribution in [0.15, 0.2) is 72.3 Å². The van der Waals surface area contributed by atoms with Crippen LogP contribution in [0.4, 0.5) is 5.13 Å². The number of carbonyl (C=O) groups is 2. The number of amides is 1. The predicted octanol–water partition coefficient (Wildman–Crippen LogP) is 7.29. The fraction of sp³-hybridized carbons (Fsp3) is 0.303. The van der Waals surface area contributed by atoms with E-state index in [0.717, 1.165) is 30.4 Å². The first kappa shape index (κ1) is 29.1. The second kappa shape index (κ2) is 13.1. The van der Waals surface area contributed by atoms with E-state index in [1.807, 2.05) is 43.3 Å². The monoisotopic (exact) mass is 586 g/mol. The summed E-state index contributed by atoms with van der Waals surface area (Å²) in [7, 11) is 1.58. The first-order valence-corrected chi connectivity index (χ1v) is 15.0. The van der Waals surface area contributed by atoms with Crippen LogP contribution in [0, 0.1) is 0 Å². The van der Waals surface area contributed by atoms with Crippen molar-refractivity contribution in [2.24, 2.45) is 0 Å². The number of rotatable bonds is 12. The van der Waals surface area contributed by atoms with Crippen molar-refractivity contribution in [2.45, 2.75) is 45.6 Å².